The van der Waals surface area contributed by atoms with Crippen molar-refractivity contribution in [2.24, 2.45) is 39.8 Å². The normalized spacial score (nSPS) is 32.8. The molecule has 4 aliphatic rings. The van der Waals surface area contributed by atoms with Crippen LogP contribution in [0.25, 0.3) is 20.9 Å². The van der Waals surface area contributed by atoms with Crippen molar-refractivity contribution in [2.75, 3.05) is 20.3 Å². The van der Waals surface area contributed by atoms with Crippen LogP contribution in [0, 0.1) is 29.6 Å². The summed E-state index contributed by atoms with van der Waals surface area (Å²) in [7, 11) is 1.26. The lowest BCUT2D eigenvalue weighted by Gasteiger charge is -2.51. The third kappa shape index (κ3) is 17.3. The van der Waals surface area contributed by atoms with Crippen LogP contribution in [-0.2, 0) is 91.0 Å². The predicted octanol–water partition coefficient (Wildman–Crippen LogP) is 10.7. The fourth-order valence-electron chi connectivity index (χ4n) is 11.7. The number of benzene rings is 3. The molecule has 4 fully saturated rings. The molecule has 1 amide bonds. The summed E-state index contributed by atoms with van der Waals surface area (Å²) in [5, 5.41) is 8.36. The molecule has 0 saturated carbocycles. The van der Waals surface area contributed by atoms with Gasteiger partial charge in [-0.25, -0.2) is 9.59 Å². The lowest BCUT2D eigenvalue weighted by molar-refractivity contribution is -0.357. The number of azide groups is 2. The van der Waals surface area contributed by atoms with Crippen molar-refractivity contribution >= 4 is 23.8 Å². The molecule has 0 spiro atoms. The third-order valence-corrected chi connectivity index (χ3v) is 16.8. The molecule has 8 unspecified atom stereocenters. The fraction of sp³-hybridized carbons (Fsp3) is 0.645. The van der Waals surface area contributed by atoms with Gasteiger partial charge in [-0.3, -0.25) is 9.59 Å². The summed E-state index contributed by atoms with van der Waals surface area (Å²) < 4.78 is 76.4. The first-order valence-corrected chi connectivity index (χ1v) is 29.7. The molecule has 4 heterocycles. The van der Waals surface area contributed by atoms with Gasteiger partial charge in [-0.05, 0) is 84.5 Å². The molecule has 20 atom stereocenters. The van der Waals surface area contributed by atoms with Gasteiger partial charge in [0.2, 0.25) is 0 Å². The number of hydrogen-bond donors (Lipinski definition) is 0. The summed E-state index contributed by atoms with van der Waals surface area (Å²) in [6.07, 6.45) is -10.2. The Bertz CT molecular complexity index is 2690. The van der Waals surface area contributed by atoms with E-state index in [1.54, 1.807) is 11.8 Å². The average molecular weight is 1180 g/mol. The minimum absolute atomic E-state index is 0.114. The van der Waals surface area contributed by atoms with Crippen LogP contribution in [0.5, 0.6) is 0 Å². The summed E-state index contributed by atoms with van der Waals surface area (Å²) in [6, 6.07) is 26.9. The number of ether oxygens (including phenoxy) is 12. The Morgan fingerprint density at radius 2 is 1.08 bits per heavy atom. The third-order valence-electron chi connectivity index (χ3n) is 16.8. The number of esters is 2. The van der Waals surface area contributed by atoms with E-state index in [-0.39, 0.29) is 19.8 Å². The predicted molar refractivity (Wildman–Crippen MR) is 308 cm³/mol. The number of unbranched alkanes of at least 4 members (excludes halogenated alkanes) is 2. The molecule has 4 aliphatic heterocycles. The highest BCUT2D eigenvalue weighted by molar-refractivity contribution is 5.81. The summed E-state index contributed by atoms with van der Waals surface area (Å²) in [5.41, 5.74) is 22.7. The van der Waals surface area contributed by atoms with Crippen LogP contribution in [0.2, 0.25) is 0 Å². The number of hydrogen-bond acceptors (Lipinski definition) is 18. The molecule has 85 heavy (non-hydrogen) atoms. The second kappa shape index (κ2) is 32.5. The van der Waals surface area contributed by atoms with Gasteiger partial charge in [0, 0.05) is 48.3 Å². The van der Waals surface area contributed by atoms with E-state index in [0.717, 1.165) is 23.1 Å². The number of carbonyl (C=O) groups excluding carboxylic acids is 4. The Morgan fingerprint density at radius 3 is 1.64 bits per heavy atom. The van der Waals surface area contributed by atoms with Crippen molar-refractivity contribution in [1.82, 2.24) is 4.90 Å². The molecule has 23 heteroatoms. The number of carbonyl (C=O) groups is 4. The smallest absolute Gasteiger partial charge is 0.410 e. The van der Waals surface area contributed by atoms with E-state index in [1.807, 2.05) is 133 Å². The highest BCUT2D eigenvalue weighted by Gasteiger charge is 2.56. The van der Waals surface area contributed by atoms with Crippen molar-refractivity contribution in [2.45, 2.75) is 206 Å². The lowest BCUT2D eigenvalue weighted by Crippen LogP contribution is -2.64. The number of nitrogens with zero attached hydrogens (tertiary/aromatic N) is 7. The van der Waals surface area contributed by atoms with E-state index in [1.165, 1.54) is 21.0 Å². The molecule has 23 nitrogen and oxygen atoms in total. The maximum atomic E-state index is 14.0. The van der Waals surface area contributed by atoms with Crippen LogP contribution < -0.4 is 0 Å². The van der Waals surface area contributed by atoms with Gasteiger partial charge in [-0.1, -0.05) is 150 Å². The molecule has 3 aromatic carbocycles. The quantitative estimate of drug-likeness (QED) is 0.0171. The minimum Gasteiger partial charge on any atom is -0.467 e. The molecule has 4 saturated heterocycles. The molecule has 7 rings (SSSR count). The summed E-state index contributed by atoms with van der Waals surface area (Å²) >= 11 is 0. The zero-order chi connectivity index (χ0) is 61.2. The number of methoxy groups -OCH3 is 1. The molecular weight excluding hydrogens is 1100 g/mol. The Balaban J connectivity index is 1.04. The Hall–Kier alpha value is -6.20. The minimum atomic E-state index is -1.30. The zero-order valence-corrected chi connectivity index (χ0v) is 50.4. The van der Waals surface area contributed by atoms with E-state index in [0.29, 0.717) is 38.8 Å². The van der Waals surface area contributed by atoms with E-state index >= 15 is 0 Å². The van der Waals surface area contributed by atoms with Gasteiger partial charge in [-0.15, -0.1) is 0 Å². The average Bonchev–Trinajstić information content (AvgIpc) is 2.55. The topological polar surface area (TPSA) is 280 Å². The molecular formula is C62H85N7O16. The first kappa shape index (κ1) is 66.3. The van der Waals surface area contributed by atoms with Gasteiger partial charge < -0.3 is 61.7 Å². The first-order chi connectivity index (χ1) is 41.0. The highest BCUT2D eigenvalue weighted by Crippen LogP contribution is 2.43. The van der Waals surface area contributed by atoms with E-state index in [4.69, 9.17) is 56.8 Å². The van der Waals surface area contributed by atoms with Gasteiger partial charge in [0.05, 0.1) is 56.3 Å². The Morgan fingerprint density at radius 1 is 0.553 bits per heavy atom. The van der Waals surface area contributed by atoms with Gasteiger partial charge in [0.1, 0.15) is 18.8 Å². The van der Waals surface area contributed by atoms with Crippen molar-refractivity contribution in [3.05, 3.63) is 129 Å². The van der Waals surface area contributed by atoms with Crippen molar-refractivity contribution in [3.63, 3.8) is 0 Å². The lowest BCUT2D eigenvalue weighted by atomic mass is 9.83. The standard InChI is InChI=1S/C62H85N7O16/c1-11-46-50(38(5)48(65-67-63)59(79-46)75-32-24-16-23-31-69(33-43-25-17-13-18-26-43)62(73)77-35-45-29-21-15-22-30-45)81-58-40(7)52(76-34-44-27-19-14-20-28-44)56(55(84-58)41(8)70)85-60-49(66-68-64)39(6)51(47(12-2)80-60)82-61-54(78-42(9)71)37(4)36(3)53(83-61)57(72)74-10/h13-15,17-22,25-30,36-40,46-56,58-61H,11-12,16,23-24,31-35H2,1-10H3/t36-,37-,38?,39+,40?,46-,47?,48?,49?,50-,51-,52?,53?,54?,55-,56-,58+,59-,60+,61+/m0/s1. The summed E-state index contributed by atoms with van der Waals surface area (Å²) in [4.78, 5) is 60.9. The molecule has 0 aromatic heterocycles. The summed E-state index contributed by atoms with van der Waals surface area (Å²) in [5.74, 6) is -4.15. The van der Waals surface area contributed by atoms with Crippen LogP contribution in [0.3, 0.4) is 0 Å². The highest BCUT2D eigenvalue weighted by atomic mass is 16.8. The molecule has 0 radical (unpaired) electrons. The van der Waals surface area contributed by atoms with Crippen LogP contribution in [0.15, 0.2) is 101 Å². The van der Waals surface area contributed by atoms with Crippen LogP contribution in [0.4, 0.5) is 4.79 Å². The largest absolute Gasteiger partial charge is 0.467 e. The second-order valence-electron chi connectivity index (χ2n) is 22.6. The number of Topliss-reactive ketones (excluding diaryl/α,β-unsaturated/α-hetero) is 1. The second-order valence-corrected chi connectivity index (χ2v) is 22.6. The number of amides is 1. The van der Waals surface area contributed by atoms with Gasteiger partial charge in [0.15, 0.2) is 43.2 Å². The molecule has 0 N–H and O–H groups in total. The van der Waals surface area contributed by atoms with Crippen molar-refractivity contribution in [3.8, 4) is 0 Å². The first-order valence-electron chi connectivity index (χ1n) is 29.7. The Kier molecular flexibility index (Phi) is 25.4. The van der Waals surface area contributed by atoms with Crippen molar-refractivity contribution in [1.29, 1.82) is 0 Å². The van der Waals surface area contributed by atoms with E-state index in [9.17, 15) is 30.2 Å². The summed E-state index contributed by atoms with van der Waals surface area (Å²) in [6.45, 7) is 17.2. The monoisotopic (exact) mass is 1180 g/mol. The molecule has 464 valence electrons. The van der Waals surface area contributed by atoms with E-state index in [2.05, 4.69) is 20.1 Å². The van der Waals surface area contributed by atoms with E-state index < -0.39 is 146 Å². The number of ketones is 1. The van der Waals surface area contributed by atoms with Crippen molar-refractivity contribution < 1.29 is 76.0 Å². The maximum absolute atomic E-state index is 14.0. The Labute approximate surface area is 498 Å². The van der Waals surface area contributed by atoms with Gasteiger partial charge in [0.25, 0.3) is 0 Å². The van der Waals surface area contributed by atoms with Gasteiger partial charge in [-0.2, -0.15) is 0 Å². The maximum Gasteiger partial charge on any atom is 0.410 e. The van der Waals surface area contributed by atoms with Crippen LogP contribution in [-0.4, -0.2) is 141 Å². The molecule has 0 aliphatic carbocycles. The van der Waals surface area contributed by atoms with Crippen LogP contribution >= 0.6 is 0 Å². The number of rotatable bonds is 27. The molecule has 0 bridgehead atoms. The van der Waals surface area contributed by atoms with Gasteiger partial charge >= 0.3 is 18.0 Å². The SMILES string of the molecule is CCC1O[C@H](O[C@H]2C(OCc3ccccc3)C(C)[C@H](O[C@H]3C(C)C(N=[N+]=[N-])[C@@H](OCCCCCN(Cc4ccccc4)C(=O)OCc4ccccc4)O[C@H]3CC)O[C@H]2C(C)=O)C(N=[N+]=[N-])[C@@H](C)[C@@H]1O[C@@H]1OC(C(=O)OC)[C@@H](C)[C@H](C)C1OC(C)=O. The zero-order valence-electron chi connectivity index (χ0n) is 50.4. The molecule has 3 aromatic rings. The van der Waals surface area contributed by atoms with Crippen LogP contribution in [0.1, 0.15) is 111 Å². The fourth-order valence-corrected chi connectivity index (χ4v) is 11.7.